The Morgan fingerprint density at radius 1 is 1.16 bits per heavy atom. The van der Waals surface area contributed by atoms with E-state index in [4.69, 9.17) is 4.74 Å². The van der Waals surface area contributed by atoms with Gasteiger partial charge >= 0.3 is 0 Å². The Morgan fingerprint density at radius 3 is 2.21 bits per heavy atom. The summed E-state index contributed by atoms with van der Waals surface area (Å²) in [7, 11) is 0. The van der Waals surface area contributed by atoms with Crippen molar-refractivity contribution in [3.05, 3.63) is 30.1 Å². The van der Waals surface area contributed by atoms with Gasteiger partial charge in [0, 0.05) is 18.3 Å². The van der Waals surface area contributed by atoms with Crippen molar-refractivity contribution in [1.29, 1.82) is 0 Å². The number of hydrogen-bond donors (Lipinski definition) is 1. The van der Waals surface area contributed by atoms with Crippen molar-refractivity contribution < 1.29 is 14.2 Å². The lowest BCUT2D eigenvalue weighted by atomic mass is 10.2. The van der Waals surface area contributed by atoms with Gasteiger partial charge in [-0.25, -0.2) is 4.39 Å². The van der Waals surface area contributed by atoms with Crippen LogP contribution in [0.1, 0.15) is 27.7 Å². The maximum absolute atomic E-state index is 12.9. The molecule has 1 unspecified atom stereocenters. The van der Waals surface area contributed by atoms with Crippen LogP contribution in [0.3, 0.4) is 0 Å². The van der Waals surface area contributed by atoms with Crippen molar-refractivity contribution in [3.63, 3.8) is 0 Å². The number of rotatable bonds is 7. The molecule has 0 aliphatic heterocycles. The highest BCUT2D eigenvalue weighted by Crippen LogP contribution is 2.18. The molecule has 0 spiro atoms. The lowest BCUT2D eigenvalue weighted by Gasteiger charge is -2.31. The minimum Gasteiger partial charge on any atom is -0.389 e. The number of benzene rings is 1. The number of aliphatic hydroxyl groups is 1. The number of aliphatic hydroxyl groups excluding tert-OH is 1. The molecule has 19 heavy (non-hydrogen) atoms. The van der Waals surface area contributed by atoms with Crippen LogP contribution in [-0.2, 0) is 4.74 Å². The summed E-state index contributed by atoms with van der Waals surface area (Å²) in [4.78, 5) is 2.04. The summed E-state index contributed by atoms with van der Waals surface area (Å²) in [6, 6.07) is 6.54. The summed E-state index contributed by atoms with van der Waals surface area (Å²) in [5, 5.41) is 9.99. The van der Waals surface area contributed by atoms with Gasteiger partial charge in [-0.1, -0.05) is 0 Å². The number of nitrogens with zero attached hydrogens (tertiary/aromatic N) is 1. The minimum absolute atomic E-state index is 0.105. The Bertz CT molecular complexity index is 365. The zero-order chi connectivity index (χ0) is 14.4. The van der Waals surface area contributed by atoms with Crippen LogP contribution in [0, 0.1) is 5.82 Å². The third kappa shape index (κ3) is 5.57. The molecular formula is C15H24FNO2. The quantitative estimate of drug-likeness (QED) is 0.826. The number of ether oxygens (including phenoxy) is 1. The molecule has 0 bridgehead atoms. The van der Waals surface area contributed by atoms with Crippen molar-refractivity contribution in [2.75, 3.05) is 18.1 Å². The van der Waals surface area contributed by atoms with Gasteiger partial charge in [-0.15, -0.1) is 0 Å². The van der Waals surface area contributed by atoms with Crippen LogP contribution in [-0.4, -0.2) is 36.5 Å². The van der Waals surface area contributed by atoms with E-state index in [2.05, 4.69) is 0 Å². The second-order valence-corrected chi connectivity index (χ2v) is 5.26. The summed E-state index contributed by atoms with van der Waals surface area (Å²) in [6.45, 7) is 8.73. The van der Waals surface area contributed by atoms with E-state index < -0.39 is 6.10 Å². The Labute approximate surface area is 115 Å². The maximum atomic E-state index is 12.9. The number of halogens is 1. The normalized spacial score (nSPS) is 13.1. The van der Waals surface area contributed by atoms with Gasteiger partial charge in [-0.2, -0.15) is 0 Å². The predicted octanol–water partition coefficient (Wildman–Crippen LogP) is 2.83. The van der Waals surface area contributed by atoms with Crippen LogP contribution in [0.15, 0.2) is 24.3 Å². The summed E-state index contributed by atoms with van der Waals surface area (Å²) >= 11 is 0. The van der Waals surface area contributed by atoms with E-state index in [0.717, 1.165) is 5.69 Å². The zero-order valence-electron chi connectivity index (χ0n) is 12.1. The molecule has 0 aromatic heterocycles. The Morgan fingerprint density at radius 2 is 1.74 bits per heavy atom. The molecule has 0 fully saturated rings. The lowest BCUT2D eigenvalue weighted by Crippen LogP contribution is -2.39. The van der Waals surface area contributed by atoms with E-state index >= 15 is 0 Å². The first-order chi connectivity index (χ1) is 8.90. The van der Waals surface area contributed by atoms with Crippen molar-refractivity contribution >= 4 is 5.69 Å². The van der Waals surface area contributed by atoms with Crippen molar-refractivity contribution in [1.82, 2.24) is 0 Å². The van der Waals surface area contributed by atoms with Crippen LogP contribution in [0.25, 0.3) is 0 Å². The zero-order valence-corrected chi connectivity index (χ0v) is 12.1. The molecule has 4 heteroatoms. The highest BCUT2D eigenvalue weighted by Gasteiger charge is 2.16. The molecular weight excluding hydrogens is 245 g/mol. The fourth-order valence-electron chi connectivity index (χ4n) is 1.83. The first-order valence-electron chi connectivity index (χ1n) is 6.72. The summed E-state index contributed by atoms with van der Waals surface area (Å²) in [6.07, 6.45) is -0.456. The third-order valence-corrected chi connectivity index (χ3v) is 2.81. The molecule has 0 saturated carbocycles. The van der Waals surface area contributed by atoms with E-state index in [1.54, 1.807) is 12.1 Å². The minimum atomic E-state index is -0.560. The molecule has 0 aliphatic rings. The topological polar surface area (TPSA) is 32.7 Å². The van der Waals surface area contributed by atoms with E-state index in [0.29, 0.717) is 13.2 Å². The SMILES string of the molecule is CC(C)OCC(O)CN(c1ccc(F)cc1)C(C)C. The van der Waals surface area contributed by atoms with E-state index in [-0.39, 0.29) is 18.0 Å². The van der Waals surface area contributed by atoms with Gasteiger partial charge in [0.05, 0.1) is 18.8 Å². The maximum Gasteiger partial charge on any atom is 0.123 e. The Kier molecular flexibility index (Phi) is 6.25. The predicted molar refractivity (Wildman–Crippen MR) is 76.0 cm³/mol. The fraction of sp³-hybridized carbons (Fsp3) is 0.600. The molecule has 0 amide bonds. The molecule has 1 N–H and O–H groups in total. The van der Waals surface area contributed by atoms with E-state index in [9.17, 15) is 9.50 Å². The molecule has 1 aromatic carbocycles. The highest BCUT2D eigenvalue weighted by molar-refractivity contribution is 5.47. The van der Waals surface area contributed by atoms with Gasteiger partial charge < -0.3 is 14.7 Å². The van der Waals surface area contributed by atoms with Crippen molar-refractivity contribution in [2.24, 2.45) is 0 Å². The van der Waals surface area contributed by atoms with Crippen molar-refractivity contribution in [3.8, 4) is 0 Å². The second-order valence-electron chi connectivity index (χ2n) is 5.26. The molecule has 3 nitrogen and oxygen atoms in total. The second kappa shape index (κ2) is 7.46. The summed E-state index contributed by atoms with van der Waals surface area (Å²) in [5.74, 6) is -0.254. The Hall–Kier alpha value is -1.13. The molecule has 0 heterocycles. The monoisotopic (exact) mass is 269 g/mol. The van der Waals surface area contributed by atoms with Gasteiger partial charge in [-0.05, 0) is 52.0 Å². The Balaban J connectivity index is 2.65. The largest absolute Gasteiger partial charge is 0.389 e. The first kappa shape index (κ1) is 15.9. The van der Waals surface area contributed by atoms with Gasteiger partial charge in [0.15, 0.2) is 0 Å². The van der Waals surface area contributed by atoms with E-state index in [1.165, 1.54) is 12.1 Å². The van der Waals surface area contributed by atoms with Gasteiger partial charge in [0.1, 0.15) is 5.82 Å². The lowest BCUT2D eigenvalue weighted by molar-refractivity contribution is 0.00848. The molecule has 0 aliphatic carbocycles. The van der Waals surface area contributed by atoms with Crippen LogP contribution in [0.4, 0.5) is 10.1 Å². The molecule has 1 aromatic rings. The van der Waals surface area contributed by atoms with Crippen LogP contribution in [0.5, 0.6) is 0 Å². The van der Waals surface area contributed by atoms with Crippen LogP contribution < -0.4 is 4.90 Å². The first-order valence-corrected chi connectivity index (χ1v) is 6.72. The number of hydrogen-bond acceptors (Lipinski definition) is 3. The molecule has 0 saturated heterocycles. The van der Waals surface area contributed by atoms with Crippen molar-refractivity contribution in [2.45, 2.75) is 45.9 Å². The summed E-state index contributed by atoms with van der Waals surface area (Å²) < 4.78 is 18.3. The summed E-state index contributed by atoms with van der Waals surface area (Å²) in [5.41, 5.74) is 0.903. The molecule has 0 radical (unpaired) electrons. The van der Waals surface area contributed by atoms with E-state index in [1.807, 2.05) is 32.6 Å². The standard InChI is InChI=1S/C15H24FNO2/c1-11(2)17(9-15(18)10-19-12(3)4)14-7-5-13(16)6-8-14/h5-8,11-12,15,18H,9-10H2,1-4H3. The van der Waals surface area contributed by atoms with Crippen LogP contribution in [0.2, 0.25) is 0 Å². The molecule has 108 valence electrons. The van der Waals surface area contributed by atoms with Gasteiger partial charge in [0.2, 0.25) is 0 Å². The fourth-order valence-corrected chi connectivity index (χ4v) is 1.83. The highest BCUT2D eigenvalue weighted by atomic mass is 19.1. The average Bonchev–Trinajstić information content (AvgIpc) is 2.34. The smallest absolute Gasteiger partial charge is 0.123 e. The van der Waals surface area contributed by atoms with Gasteiger partial charge in [-0.3, -0.25) is 0 Å². The van der Waals surface area contributed by atoms with Crippen LogP contribution >= 0.6 is 0 Å². The molecule has 1 rings (SSSR count). The van der Waals surface area contributed by atoms with Gasteiger partial charge in [0.25, 0.3) is 0 Å². The average molecular weight is 269 g/mol. The number of anilines is 1. The molecule has 1 atom stereocenters. The third-order valence-electron chi connectivity index (χ3n) is 2.81.